The van der Waals surface area contributed by atoms with E-state index in [1.165, 1.54) is 6.20 Å². The summed E-state index contributed by atoms with van der Waals surface area (Å²) in [5, 5.41) is 0. The fourth-order valence-corrected chi connectivity index (χ4v) is 1.60. The van der Waals surface area contributed by atoms with Gasteiger partial charge in [0, 0.05) is 0 Å². The Balaban J connectivity index is 2.13. The maximum Gasteiger partial charge on any atom is 0.258 e. The van der Waals surface area contributed by atoms with Gasteiger partial charge in [0.25, 0.3) is 5.88 Å². The SMILES string of the molecule is Nc1cc(COc2nc(Br)cnc2N)cc(N)n1. The van der Waals surface area contributed by atoms with Crippen molar-refractivity contribution in [3.05, 3.63) is 28.5 Å². The summed E-state index contributed by atoms with van der Waals surface area (Å²) in [5.41, 5.74) is 17.6. The zero-order valence-electron chi connectivity index (χ0n) is 9.30. The van der Waals surface area contributed by atoms with Crippen LogP contribution in [0.4, 0.5) is 17.5 Å². The van der Waals surface area contributed by atoms with Crippen LogP contribution in [0.3, 0.4) is 0 Å². The van der Waals surface area contributed by atoms with Gasteiger partial charge in [0.1, 0.15) is 22.8 Å². The number of anilines is 3. The summed E-state index contributed by atoms with van der Waals surface area (Å²) >= 11 is 3.19. The highest BCUT2D eigenvalue weighted by atomic mass is 79.9. The average molecular weight is 311 g/mol. The molecule has 0 radical (unpaired) electrons. The van der Waals surface area contributed by atoms with E-state index in [1.807, 2.05) is 0 Å². The molecule has 8 heteroatoms. The van der Waals surface area contributed by atoms with Crippen LogP contribution < -0.4 is 21.9 Å². The lowest BCUT2D eigenvalue weighted by Gasteiger charge is -2.08. The molecule has 0 fully saturated rings. The van der Waals surface area contributed by atoms with E-state index in [0.717, 1.165) is 5.56 Å². The van der Waals surface area contributed by atoms with Gasteiger partial charge in [-0.05, 0) is 33.6 Å². The zero-order valence-corrected chi connectivity index (χ0v) is 10.9. The van der Waals surface area contributed by atoms with E-state index in [1.54, 1.807) is 12.1 Å². The van der Waals surface area contributed by atoms with Gasteiger partial charge in [-0.1, -0.05) is 0 Å². The van der Waals surface area contributed by atoms with Crippen molar-refractivity contribution in [2.45, 2.75) is 6.61 Å². The molecular formula is C10H11BrN6O. The molecule has 2 rings (SSSR count). The van der Waals surface area contributed by atoms with Crippen molar-refractivity contribution in [2.24, 2.45) is 0 Å². The Labute approximate surface area is 112 Å². The van der Waals surface area contributed by atoms with Gasteiger partial charge in [-0.25, -0.2) is 15.0 Å². The van der Waals surface area contributed by atoms with Gasteiger partial charge in [-0.15, -0.1) is 0 Å². The Bertz CT molecular complexity index is 556. The van der Waals surface area contributed by atoms with Gasteiger partial charge in [0.05, 0.1) is 6.20 Å². The van der Waals surface area contributed by atoms with Crippen LogP contribution in [0.2, 0.25) is 0 Å². The lowest BCUT2D eigenvalue weighted by atomic mass is 10.2. The van der Waals surface area contributed by atoms with Crippen LogP contribution >= 0.6 is 15.9 Å². The fraction of sp³-hybridized carbons (Fsp3) is 0.100. The predicted octanol–water partition coefficient (Wildman–Crippen LogP) is 0.960. The summed E-state index contributed by atoms with van der Waals surface area (Å²) in [6, 6.07) is 3.33. The molecule has 0 aromatic carbocycles. The van der Waals surface area contributed by atoms with Crippen LogP contribution in [0, 0.1) is 0 Å². The second-order valence-electron chi connectivity index (χ2n) is 3.50. The third kappa shape index (κ3) is 2.98. The summed E-state index contributed by atoms with van der Waals surface area (Å²) in [7, 11) is 0. The minimum absolute atomic E-state index is 0.216. The largest absolute Gasteiger partial charge is 0.470 e. The number of nitrogens with two attached hydrogens (primary N) is 3. The van der Waals surface area contributed by atoms with E-state index < -0.39 is 0 Å². The van der Waals surface area contributed by atoms with E-state index in [-0.39, 0.29) is 18.3 Å². The van der Waals surface area contributed by atoms with Crippen LogP contribution in [0.15, 0.2) is 22.9 Å². The molecule has 0 spiro atoms. The topological polar surface area (TPSA) is 126 Å². The highest BCUT2D eigenvalue weighted by Gasteiger charge is 2.06. The molecule has 0 aliphatic rings. The van der Waals surface area contributed by atoms with Crippen molar-refractivity contribution in [3.63, 3.8) is 0 Å². The van der Waals surface area contributed by atoms with E-state index in [9.17, 15) is 0 Å². The number of aromatic nitrogens is 3. The standard InChI is InChI=1S/C10H11BrN6O/c11-6-3-15-9(14)10(16-6)18-4-5-1-7(12)17-8(13)2-5/h1-3H,4H2,(H2,14,15)(H4,12,13,17). The number of nitrogen functional groups attached to an aromatic ring is 3. The van der Waals surface area contributed by atoms with Crippen molar-refractivity contribution >= 4 is 33.4 Å². The molecule has 7 nitrogen and oxygen atoms in total. The Morgan fingerprint density at radius 1 is 1.11 bits per heavy atom. The second-order valence-corrected chi connectivity index (χ2v) is 4.31. The van der Waals surface area contributed by atoms with Gasteiger partial charge >= 0.3 is 0 Å². The Hall–Kier alpha value is -2.09. The number of hydrogen-bond donors (Lipinski definition) is 3. The molecule has 0 atom stereocenters. The first kappa shape index (κ1) is 12.4. The normalized spacial score (nSPS) is 10.3. The first-order valence-corrected chi connectivity index (χ1v) is 5.76. The van der Waals surface area contributed by atoms with Gasteiger partial charge < -0.3 is 21.9 Å². The highest BCUT2D eigenvalue weighted by molar-refractivity contribution is 9.10. The van der Waals surface area contributed by atoms with E-state index in [2.05, 4.69) is 30.9 Å². The van der Waals surface area contributed by atoms with Crippen molar-refractivity contribution in [1.29, 1.82) is 0 Å². The smallest absolute Gasteiger partial charge is 0.258 e. The lowest BCUT2D eigenvalue weighted by molar-refractivity contribution is 0.294. The summed E-state index contributed by atoms with van der Waals surface area (Å²) in [6.07, 6.45) is 1.49. The monoisotopic (exact) mass is 310 g/mol. The maximum absolute atomic E-state index is 5.63. The number of rotatable bonds is 3. The Morgan fingerprint density at radius 3 is 2.44 bits per heavy atom. The molecule has 94 valence electrons. The molecule has 2 aromatic heterocycles. The van der Waals surface area contributed by atoms with Crippen molar-refractivity contribution < 1.29 is 4.74 Å². The summed E-state index contributed by atoms with van der Waals surface area (Å²) in [6.45, 7) is 0.228. The maximum atomic E-state index is 5.63. The molecule has 18 heavy (non-hydrogen) atoms. The number of pyridine rings is 1. The van der Waals surface area contributed by atoms with Crippen molar-refractivity contribution in [3.8, 4) is 5.88 Å². The van der Waals surface area contributed by atoms with Crippen LogP contribution in [0.25, 0.3) is 0 Å². The van der Waals surface area contributed by atoms with Gasteiger partial charge in [-0.2, -0.15) is 0 Å². The molecule has 0 aliphatic carbocycles. The number of nitrogens with zero attached hydrogens (tertiary/aromatic N) is 3. The number of ether oxygens (including phenoxy) is 1. The summed E-state index contributed by atoms with van der Waals surface area (Å²) < 4.78 is 5.99. The molecule has 0 unspecified atom stereocenters. The summed E-state index contributed by atoms with van der Waals surface area (Å²) in [5.74, 6) is 1.13. The van der Waals surface area contributed by atoms with Crippen LogP contribution in [0.1, 0.15) is 5.56 Å². The van der Waals surface area contributed by atoms with Crippen LogP contribution in [-0.4, -0.2) is 15.0 Å². The average Bonchev–Trinajstić information content (AvgIpc) is 2.29. The molecular weight excluding hydrogens is 300 g/mol. The molecule has 0 saturated carbocycles. The molecule has 0 aliphatic heterocycles. The number of hydrogen-bond acceptors (Lipinski definition) is 7. The quantitative estimate of drug-likeness (QED) is 0.770. The minimum atomic E-state index is 0.216. The van der Waals surface area contributed by atoms with E-state index in [4.69, 9.17) is 21.9 Å². The third-order valence-electron chi connectivity index (χ3n) is 2.04. The van der Waals surface area contributed by atoms with Crippen LogP contribution in [-0.2, 0) is 6.61 Å². The number of halogens is 1. The first-order chi connectivity index (χ1) is 8.54. The van der Waals surface area contributed by atoms with Gasteiger partial charge in [0.2, 0.25) is 0 Å². The van der Waals surface area contributed by atoms with Crippen molar-refractivity contribution in [2.75, 3.05) is 17.2 Å². The molecule has 2 heterocycles. The molecule has 0 amide bonds. The third-order valence-corrected chi connectivity index (χ3v) is 2.42. The lowest BCUT2D eigenvalue weighted by Crippen LogP contribution is -2.05. The van der Waals surface area contributed by atoms with Crippen molar-refractivity contribution in [1.82, 2.24) is 15.0 Å². The fourth-order valence-electron chi connectivity index (χ4n) is 1.34. The second kappa shape index (κ2) is 5.05. The predicted molar refractivity (Wildman–Crippen MR) is 71.5 cm³/mol. The minimum Gasteiger partial charge on any atom is -0.470 e. The first-order valence-electron chi connectivity index (χ1n) is 4.97. The van der Waals surface area contributed by atoms with Gasteiger partial charge in [-0.3, -0.25) is 0 Å². The van der Waals surface area contributed by atoms with Crippen LogP contribution in [0.5, 0.6) is 5.88 Å². The van der Waals surface area contributed by atoms with E-state index >= 15 is 0 Å². The van der Waals surface area contributed by atoms with E-state index in [0.29, 0.717) is 16.2 Å². The molecule has 0 bridgehead atoms. The zero-order chi connectivity index (χ0) is 13.1. The molecule has 0 saturated heterocycles. The Kier molecular flexibility index (Phi) is 3.47. The molecule has 2 aromatic rings. The highest BCUT2D eigenvalue weighted by Crippen LogP contribution is 2.20. The summed E-state index contributed by atoms with van der Waals surface area (Å²) in [4.78, 5) is 11.8. The Morgan fingerprint density at radius 2 is 1.78 bits per heavy atom. The molecule has 6 N–H and O–H groups in total. The van der Waals surface area contributed by atoms with Gasteiger partial charge in [0.15, 0.2) is 5.82 Å².